The molecule has 3 atom stereocenters. The summed E-state index contributed by atoms with van der Waals surface area (Å²) in [5.41, 5.74) is 4.82. The molecule has 0 aromatic carbocycles. The predicted molar refractivity (Wildman–Crippen MR) is 119 cm³/mol. The Hall–Kier alpha value is -2.43. The van der Waals surface area contributed by atoms with Crippen molar-refractivity contribution in [2.75, 3.05) is 19.6 Å². The topological polar surface area (TPSA) is 128 Å². The fraction of sp³-hybridized carbons (Fsp3) is 0.609. The Labute approximate surface area is 196 Å². The first-order chi connectivity index (χ1) is 15.9. The molecular formula is C23H30N5O4S+. The third kappa shape index (κ3) is 3.83. The van der Waals surface area contributed by atoms with Crippen molar-refractivity contribution in [1.82, 2.24) is 15.0 Å². The van der Waals surface area contributed by atoms with Crippen molar-refractivity contribution >= 4 is 23.2 Å². The molecule has 1 amide bonds. The van der Waals surface area contributed by atoms with Crippen molar-refractivity contribution in [2.45, 2.75) is 56.3 Å². The molecule has 2 unspecified atom stereocenters. The van der Waals surface area contributed by atoms with E-state index in [2.05, 4.69) is 15.0 Å². The molecule has 3 N–H and O–H groups in total. The molecule has 6 rings (SSSR count). The number of nitrogens with zero attached hydrogens (tertiary/aromatic N) is 4. The molecule has 176 valence electrons. The number of fused-ring (bicyclic) bond motifs is 3. The maximum Gasteiger partial charge on any atom is 0.343 e. The summed E-state index contributed by atoms with van der Waals surface area (Å²) in [4.78, 5) is 38.4. The number of amides is 1. The van der Waals surface area contributed by atoms with Crippen LogP contribution in [0.25, 0.3) is 0 Å². The lowest BCUT2D eigenvalue weighted by atomic mass is 9.79. The number of aliphatic hydroxyl groups is 1. The van der Waals surface area contributed by atoms with Crippen LogP contribution in [0.4, 0.5) is 0 Å². The van der Waals surface area contributed by atoms with Gasteiger partial charge in [-0.2, -0.15) is 11.3 Å². The number of primary amides is 1. The molecule has 33 heavy (non-hydrogen) atoms. The van der Waals surface area contributed by atoms with Crippen LogP contribution >= 0.6 is 11.3 Å². The highest BCUT2D eigenvalue weighted by molar-refractivity contribution is 7.08. The van der Waals surface area contributed by atoms with Crippen molar-refractivity contribution in [3.8, 4) is 0 Å². The number of hydrogen-bond donors (Lipinski definition) is 2. The summed E-state index contributed by atoms with van der Waals surface area (Å²) in [5.74, 6) is -0.653. The van der Waals surface area contributed by atoms with E-state index in [9.17, 15) is 14.7 Å². The quantitative estimate of drug-likeness (QED) is 0.463. The van der Waals surface area contributed by atoms with Crippen molar-refractivity contribution in [2.24, 2.45) is 17.6 Å². The molecule has 1 aliphatic carbocycles. The molecule has 4 fully saturated rings. The summed E-state index contributed by atoms with van der Waals surface area (Å²) in [7, 11) is 0. The minimum atomic E-state index is -1.63. The lowest BCUT2D eigenvalue weighted by Gasteiger charge is -2.54. The molecule has 0 radical (unpaired) electrons. The Bertz CT molecular complexity index is 990. The zero-order chi connectivity index (χ0) is 23.1. The number of esters is 1. The minimum absolute atomic E-state index is 0.146. The van der Waals surface area contributed by atoms with Crippen LogP contribution in [0.5, 0.6) is 0 Å². The van der Waals surface area contributed by atoms with E-state index in [0.717, 1.165) is 51.6 Å². The van der Waals surface area contributed by atoms with Gasteiger partial charge in [0.15, 0.2) is 17.5 Å². The molecule has 2 bridgehead atoms. The molecular weight excluding hydrogens is 442 g/mol. The number of ether oxygens (including phenoxy) is 1. The standard InChI is InChI=1S/C23H29N5O4S/c24-20(29)19(21-26-13-25-14-27-21)28-8-5-15(6-9-28)18(11-28)32-22(30)23(31,16-3-1-2-4-16)17-7-10-33-12-17/h7,10,12-16,18-19,31H,1-6,8-9,11H2,(H-,24,29)/p+1/t15?,18-,19?,23?,28?/m0/s1. The second kappa shape index (κ2) is 8.73. The number of nitrogens with two attached hydrogens (primary N) is 1. The van der Waals surface area contributed by atoms with E-state index >= 15 is 0 Å². The predicted octanol–water partition coefficient (Wildman–Crippen LogP) is 1.69. The number of hydrogen-bond acceptors (Lipinski definition) is 8. The average molecular weight is 473 g/mol. The van der Waals surface area contributed by atoms with E-state index in [1.54, 1.807) is 0 Å². The molecule has 4 aliphatic rings. The van der Waals surface area contributed by atoms with Crippen LogP contribution in [0.1, 0.15) is 56.0 Å². The molecule has 3 aliphatic heterocycles. The lowest BCUT2D eigenvalue weighted by molar-refractivity contribution is -0.965. The Morgan fingerprint density at radius 3 is 2.48 bits per heavy atom. The number of quaternary nitrogens is 1. The largest absolute Gasteiger partial charge is 0.454 e. The van der Waals surface area contributed by atoms with Crippen LogP contribution in [-0.4, -0.2) is 62.2 Å². The number of carbonyl (C=O) groups excluding carboxylic acids is 2. The fourth-order valence-electron chi connectivity index (χ4n) is 6.26. The SMILES string of the molecule is NC(=O)C(c1ncncn1)[N+]12CCC(CC1)[C@@H](OC(=O)C(O)(c1ccsc1)C1CCCC1)C2. The van der Waals surface area contributed by atoms with Crippen LogP contribution < -0.4 is 5.73 Å². The number of piperidine rings is 3. The van der Waals surface area contributed by atoms with E-state index in [4.69, 9.17) is 10.5 Å². The van der Waals surface area contributed by atoms with Crippen molar-refractivity contribution in [1.29, 1.82) is 0 Å². The van der Waals surface area contributed by atoms with E-state index in [1.807, 2.05) is 16.8 Å². The van der Waals surface area contributed by atoms with Gasteiger partial charge in [0.25, 0.3) is 5.91 Å². The van der Waals surface area contributed by atoms with Gasteiger partial charge in [-0.3, -0.25) is 4.79 Å². The fourth-order valence-corrected chi connectivity index (χ4v) is 6.97. The third-order valence-corrected chi connectivity index (χ3v) is 8.70. The molecule has 3 saturated heterocycles. The molecule has 9 nitrogen and oxygen atoms in total. The van der Waals surface area contributed by atoms with Gasteiger partial charge in [-0.1, -0.05) is 12.8 Å². The smallest absolute Gasteiger partial charge is 0.343 e. The Kier molecular flexibility index (Phi) is 5.92. The summed E-state index contributed by atoms with van der Waals surface area (Å²) in [6.45, 7) is 1.95. The van der Waals surface area contributed by atoms with Crippen LogP contribution in [0.2, 0.25) is 0 Å². The monoisotopic (exact) mass is 472 g/mol. The molecule has 2 aromatic heterocycles. The molecule has 10 heteroatoms. The van der Waals surface area contributed by atoms with Gasteiger partial charge in [0.1, 0.15) is 19.2 Å². The highest BCUT2D eigenvalue weighted by Gasteiger charge is 2.56. The van der Waals surface area contributed by atoms with Crippen LogP contribution in [0.15, 0.2) is 29.5 Å². The number of aromatic nitrogens is 3. The first-order valence-corrected chi connectivity index (χ1v) is 12.6. The van der Waals surface area contributed by atoms with Gasteiger partial charge < -0.3 is 20.1 Å². The van der Waals surface area contributed by atoms with E-state index in [-0.39, 0.29) is 11.8 Å². The van der Waals surface area contributed by atoms with Gasteiger partial charge in [0.05, 0.1) is 13.1 Å². The van der Waals surface area contributed by atoms with Gasteiger partial charge in [-0.05, 0) is 29.7 Å². The van der Waals surface area contributed by atoms with Gasteiger partial charge >= 0.3 is 5.97 Å². The zero-order valence-electron chi connectivity index (χ0n) is 18.5. The second-order valence-electron chi connectivity index (χ2n) is 9.69. The molecule has 1 saturated carbocycles. The summed E-state index contributed by atoms with van der Waals surface area (Å²) >= 11 is 1.46. The number of thiophene rings is 1. The molecule has 5 heterocycles. The van der Waals surface area contributed by atoms with Crippen LogP contribution in [0.3, 0.4) is 0 Å². The van der Waals surface area contributed by atoms with Gasteiger partial charge in [0, 0.05) is 30.2 Å². The summed E-state index contributed by atoms with van der Waals surface area (Å²) in [5, 5.41) is 15.4. The van der Waals surface area contributed by atoms with E-state index in [0.29, 0.717) is 22.4 Å². The molecule has 0 spiro atoms. The van der Waals surface area contributed by atoms with Crippen LogP contribution in [0, 0.1) is 11.8 Å². The van der Waals surface area contributed by atoms with Crippen molar-refractivity contribution in [3.63, 3.8) is 0 Å². The third-order valence-electron chi connectivity index (χ3n) is 8.01. The number of rotatable bonds is 7. The zero-order valence-corrected chi connectivity index (χ0v) is 19.3. The maximum atomic E-state index is 13.6. The highest BCUT2D eigenvalue weighted by Crippen LogP contribution is 2.45. The normalized spacial score (nSPS) is 30.0. The minimum Gasteiger partial charge on any atom is -0.454 e. The Balaban J connectivity index is 1.41. The Morgan fingerprint density at radius 1 is 1.18 bits per heavy atom. The second-order valence-corrected chi connectivity index (χ2v) is 10.5. The lowest BCUT2D eigenvalue weighted by Crippen LogP contribution is -2.68. The summed E-state index contributed by atoms with van der Waals surface area (Å²) < 4.78 is 6.48. The summed E-state index contributed by atoms with van der Waals surface area (Å²) in [6, 6.07) is 1.10. The summed E-state index contributed by atoms with van der Waals surface area (Å²) in [6.07, 6.45) is 7.58. The number of carbonyl (C=O) groups is 2. The maximum absolute atomic E-state index is 13.6. The average Bonchev–Trinajstić information content (AvgIpc) is 3.55. The van der Waals surface area contributed by atoms with E-state index in [1.165, 1.54) is 24.0 Å². The first-order valence-electron chi connectivity index (χ1n) is 11.7. The van der Waals surface area contributed by atoms with Gasteiger partial charge in [-0.25, -0.2) is 19.7 Å². The highest BCUT2D eigenvalue weighted by atomic mass is 32.1. The van der Waals surface area contributed by atoms with Crippen molar-refractivity contribution in [3.05, 3.63) is 40.9 Å². The Morgan fingerprint density at radius 2 is 1.88 bits per heavy atom. The van der Waals surface area contributed by atoms with E-state index < -0.39 is 29.6 Å². The molecule has 2 aromatic rings. The van der Waals surface area contributed by atoms with Crippen LogP contribution in [-0.2, 0) is 19.9 Å². The van der Waals surface area contributed by atoms with Gasteiger partial charge in [-0.15, -0.1) is 0 Å². The van der Waals surface area contributed by atoms with Gasteiger partial charge in [0.2, 0.25) is 6.04 Å². The first kappa shape index (κ1) is 22.4. The van der Waals surface area contributed by atoms with Crippen molar-refractivity contribution < 1.29 is 23.9 Å².